The Labute approximate surface area is 165 Å². The van der Waals surface area contributed by atoms with Crippen LogP contribution in [-0.2, 0) is 20.7 Å². The number of rotatable bonds is 8. The van der Waals surface area contributed by atoms with E-state index in [0.29, 0.717) is 25.1 Å². The lowest BCUT2D eigenvalue weighted by atomic mass is 9.81. The van der Waals surface area contributed by atoms with Gasteiger partial charge in [-0.3, -0.25) is 9.69 Å². The Balaban J connectivity index is 1.45. The first-order chi connectivity index (χ1) is 13.7. The first kappa shape index (κ1) is 20.8. The number of amides is 1. The number of hydrogen-bond acceptors (Lipinski definition) is 8. The molecule has 0 saturated carbocycles. The average molecular weight is 394 g/mol. The van der Waals surface area contributed by atoms with Gasteiger partial charge in [0.15, 0.2) is 0 Å². The normalized spacial score (nSPS) is 23.3. The van der Waals surface area contributed by atoms with E-state index < -0.39 is 5.97 Å². The topological polar surface area (TPSA) is 106 Å². The molecule has 2 saturated heterocycles. The van der Waals surface area contributed by atoms with Crippen LogP contribution in [0.4, 0.5) is 0 Å². The molecule has 9 heteroatoms. The highest BCUT2D eigenvalue weighted by molar-refractivity contribution is 5.86. The molecular formula is C19H30N4O5. The summed E-state index contributed by atoms with van der Waals surface area (Å²) in [5, 5.41) is 10.4. The van der Waals surface area contributed by atoms with E-state index in [9.17, 15) is 9.59 Å². The van der Waals surface area contributed by atoms with Crippen molar-refractivity contribution in [2.45, 2.75) is 19.3 Å². The molecular weight excluding hydrogens is 364 g/mol. The van der Waals surface area contributed by atoms with E-state index in [2.05, 4.69) is 25.4 Å². The maximum absolute atomic E-state index is 12.4. The molecule has 2 fully saturated rings. The number of ether oxygens (including phenoxy) is 2. The molecule has 2 aliphatic rings. The van der Waals surface area contributed by atoms with Crippen LogP contribution in [0.1, 0.15) is 29.1 Å². The molecule has 0 aromatic carbocycles. The fourth-order valence-electron chi connectivity index (χ4n) is 3.85. The van der Waals surface area contributed by atoms with Crippen molar-refractivity contribution in [2.75, 3.05) is 59.6 Å². The third-order valence-electron chi connectivity index (χ3n) is 5.48. The van der Waals surface area contributed by atoms with E-state index in [1.165, 1.54) is 7.11 Å². The predicted molar refractivity (Wildman–Crippen MR) is 101 cm³/mol. The average Bonchev–Trinajstić information content (AvgIpc) is 3.18. The van der Waals surface area contributed by atoms with Gasteiger partial charge in [0.25, 0.3) is 0 Å². The summed E-state index contributed by atoms with van der Waals surface area (Å²) in [7, 11) is 1.31. The van der Waals surface area contributed by atoms with E-state index >= 15 is 0 Å². The van der Waals surface area contributed by atoms with Gasteiger partial charge in [0, 0.05) is 38.7 Å². The lowest BCUT2D eigenvalue weighted by Gasteiger charge is -2.31. The summed E-state index contributed by atoms with van der Waals surface area (Å²) in [5.41, 5.74) is 0.715. The van der Waals surface area contributed by atoms with Gasteiger partial charge in [-0.05, 0) is 37.8 Å². The number of carbonyl (C=O) groups is 2. The monoisotopic (exact) mass is 394 g/mol. The van der Waals surface area contributed by atoms with Crippen LogP contribution in [0.25, 0.3) is 0 Å². The molecule has 9 nitrogen and oxygen atoms in total. The van der Waals surface area contributed by atoms with Crippen molar-refractivity contribution >= 4 is 11.9 Å². The highest BCUT2D eigenvalue weighted by Crippen LogP contribution is 2.26. The predicted octanol–water partition coefficient (Wildman–Crippen LogP) is 0.0679. The van der Waals surface area contributed by atoms with Crippen molar-refractivity contribution in [3.8, 4) is 0 Å². The van der Waals surface area contributed by atoms with Gasteiger partial charge < -0.3 is 24.6 Å². The molecule has 2 atom stereocenters. The molecule has 2 N–H and O–H groups in total. The van der Waals surface area contributed by atoms with E-state index in [0.717, 1.165) is 52.4 Å². The molecule has 1 aromatic rings. The Morgan fingerprint density at radius 2 is 2.18 bits per heavy atom. The zero-order valence-corrected chi connectivity index (χ0v) is 16.4. The second-order valence-corrected chi connectivity index (χ2v) is 7.40. The van der Waals surface area contributed by atoms with Crippen LogP contribution in [0.3, 0.4) is 0 Å². The number of nitrogens with one attached hydrogen (secondary N) is 2. The molecule has 0 radical (unpaired) electrons. The minimum Gasteiger partial charge on any atom is -0.463 e. The summed E-state index contributed by atoms with van der Waals surface area (Å²) in [5.74, 6) is 0.230. The Kier molecular flexibility index (Phi) is 7.81. The van der Waals surface area contributed by atoms with Crippen molar-refractivity contribution in [1.29, 1.82) is 0 Å². The number of morpholine rings is 1. The molecule has 0 unspecified atom stereocenters. The van der Waals surface area contributed by atoms with Gasteiger partial charge in [-0.15, -0.1) is 0 Å². The van der Waals surface area contributed by atoms with Crippen molar-refractivity contribution in [2.24, 2.45) is 11.8 Å². The van der Waals surface area contributed by atoms with E-state index in [4.69, 9.17) is 9.26 Å². The van der Waals surface area contributed by atoms with Gasteiger partial charge in [-0.2, -0.15) is 0 Å². The Hall–Kier alpha value is -1.97. The zero-order chi connectivity index (χ0) is 19.8. The molecule has 3 heterocycles. The molecule has 0 aliphatic carbocycles. The zero-order valence-electron chi connectivity index (χ0n) is 16.4. The fraction of sp³-hybridized carbons (Fsp3) is 0.737. The van der Waals surface area contributed by atoms with Gasteiger partial charge in [0.05, 0.1) is 26.0 Å². The smallest absolute Gasteiger partial charge is 0.376 e. The Bertz CT molecular complexity index is 644. The SMILES string of the molecule is COC(=O)c1cc(C[C@@H]2CNCC[C@H]2CC(=O)NCCN2CCOCC2)no1. The summed E-state index contributed by atoms with van der Waals surface area (Å²) in [4.78, 5) is 26.2. The Morgan fingerprint density at radius 1 is 1.36 bits per heavy atom. The third kappa shape index (κ3) is 6.02. The molecule has 0 spiro atoms. The first-order valence-corrected chi connectivity index (χ1v) is 9.97. The maximum Gasteiger partial charge on any atom is 0.376 e. The number of aromatic nitrogens is 1. The number of piperidine rings is 1. The van der Waals surface area contributed by atoms with Crippen molar-refractivity contribution in [1.82, 2.24) is 20.7 Å². The molecule has 1 aromatic heterocycles. The number of nitrogens with zero attached hydrogens (tertiary/aromatic N) is 2. The van der Waals surface area contributed by atoms with E-state index in [1.54, 1.807) is 6.07 Å². The minimum atomic E-state index is -0.531. The summed E-state index contributed by atoms with van der Waals surface area (Å²) >= 11 is 0. The standard InChI is InChI=1S/C19H30N4O5/c1-26-19(25)17-12-16(22-28-17)10-15-13-20-3-2-14(15)11-18(24)21-4-5-23-6-8-27-9-7-23/h12,14-15,20H,2-11,13H2,1H3,(H,21,24)/t14-,15+/m0/s1. The maximum atomic E-state index is 12.4. The number of esters is 1. The van der Waals surface area contributed by atoms with Crippen LogP contribution in [0, 0.1) is 11.8 Å². The van der Waals surface area contributed by atoms with Crippen LogP contribution < -0.4 is 10.6 Å². The third-order valence-corrected chi connectivity index (χ3v) is 5.48. The van der Waals surface area contributed by atoms with Crippen LogP contribution in [-0.4, -0.2) is 81.5 Å². The Morgan fingerprint density at radius 3 is 2.96 bits per heavy atom. The quantitative estimate of drug-likeness (QED) is 0.597. The summed E-state index contributed by atoms with van der Waals surface area (Å²) in [6.07, 6.45) is 2.12. The highest BCUT2D eigenvalue weighted by atomic mass is 16.5. The van der Waals surface area contributed by atoms with Gasteiger partial charge in [-0.25, -0.2) is 4.79 Å². The van der Waals surface area contributed by atoms with Crippen LogP contribution in [0.5, 0.6) is 0 Å². The highest BCUT2D eigenvalue weighted by Gasteiger charge is 2.28. The lowest BCUT2D eigenvalue weighted by Crippen LogP contribution is -2.43. The molecule has 156 valence electrons. The second kappa shape index (κ2) is 10.5. The van der Waals surface area contributed by atoms with Crippen molar-refractivity contribution in [3.05, 3.63) is 17.5 Å². The van der Waals surface area contributed by atoms with Gasteiger partial charge in [-0.1, -0.05) is 5.16 Å². The molecule has 3 rings (SSSR count). The fourth-order valence-corrected chi connectivity index (χ4v) is 3.85. The van der Waals surface area contributed by atoms with Crippen LogP contribution in [0.15, 0.2) is 10.6 Å². The van der Waals surface area contributed by atoms with Crippen molar-refractivity contribution < 1.29 is 23.6 Å². The minimum absolute atomic E-state index is 0.0977. The van der Waals surface area contributed by atoms with Gasteiger partial charge in [0.2, 0.25) is 11.7 Å². The van der Waals surface area contributed by atoms with Crippen molar-refractivity contribution in [3.63, 3.8) is 0 Å². The second-order valence-electron chi connectivity index (χ2n) is 7.40. The molecule has 2 aliphatic heterocycles. The van der Waals surface area contributed by atoms with E-state index in [-0.39, 0.29) is 23.5 Å². The number of hydrogen-bond donors (Lipinski definition) is 2. The summed E-state index contributed by atoms with van der Waals surface area (Å²) in [6, 6.07) is 1.62. The first-order valence-electron chi connectivity index (χ1n) is 9.97. The number of methoxy groups -OCH3 is 1. The summed E-state index contributed by atoms with van der Waals surface area (Å²) in [6.45, 7) is 6.66. The van der Waals surface area contributed by atoms with E-state index in [1.807, 2.05) is 0 Å². The molecule has 28 heavy (non-hydrogen) atoms. The van der Waals surface area contributed by atoms with Gasteiger partial charge >= 0.3 is 5.97 Å². The number of carbonyl (C=O) groups excluding carboxylic acids is 2. The largest absolute Gasteiger partial charge is 0.463 e. The van der Waals surface area contributed by atoms with Crippen LogP contribution in [0.2, 0.25) is 0 Å². The molecule has 1 amide bonds. The van der Waals surface area contributed by atoms with Crippen LogP contribution >= 0.6 is 0 Å². The lowest BCUT2D eigenvalue weighted by molar-refractivity contribution is -0.122. The summed E-state index contributed by atoms with van der Waals surface area (Å²) < 4.78 is 15.0. The van der Waals surface area contributed by atoms with Gasteiger partial charge in [0.1, 0.15) is 0 Å². The molecule has 0 bridgehead atoms.